The third kappa shape index (κ3) is 4.96. The van der Waals surface area contributed by atoms with Crippen molar-refractivity contribution in [3.8, 4) is 11.5 Å². The Hall–Kier alpha value is -3.27. The molecule has 148 valence electrons. The van der Waals surface area contributed by atoms with E-state index in [1.54, 1.807) is 0 Å². The van der Waals surface area contributed by atoms with Gasteiger partial charge in [-0.25, -0.2) is 0 Å². The normalized spacial score (nSPS) is 13.9. The molecule has 1 amide bonds. The predicted octanol–water partition coefficient (Wildman–Crippen LogP) is 4.95. The fraction of sp³-hybridized carbons (Fsp3) is 0.240. The zero-order valence-corrected chi connectivity index (χ0v) is 16.3. The molecule has 0 spiro atoms. The van der Waals surface area contributed by atoms with E-state index in [4.69, 9.17) is 9.47 Å². The van der Waals surface area contributed by atoms with Crippen LogP contribution in [0, 0.1) is 0 Å². The van der Waals surface area contributed by atoms with Gasteiger partial charge in [-0.2, -0.15) is 0 Å². The van der Waals surface area contributed by atoms with Crippen molar-refractivity contribution in [2.45, 2.75) is 25.3 Å². The second-order valence-electron chi connectivity index (χ2n) is 7.17. The van der Waals surface area contributed by atoms with Crippen LogP contribution in [0.4, 0.5) is 0 Å². The molecular weight excluding hydrogens is 362 g/mol. The molecule has 1 unspecified atom stereocenters. The van der Waals surface area contributed by atoms with Crippen molar-refractivity contribution in [1.29, 1.82) is 0 Å². The lowest BCUT2D eigenvalue weighted by molar-refractivity contribution is 0.0934. The van der Waals surface area contributed by atoms with Gasteiger partial charge in [-0.3, -0.25) is 4.79 Å². The number of carbonyl (C=O) groups is 1. The van der Waals surface area contributed by atoms with Crippen LogP contribution in [-0.2, 0) is 6.42 Å². The van der Waals surface area contributed by atoms with Crippen molar-refractivity contribution >= 4 is 5.91 Å². The molecular formula is C25H25NO3. The highest BCUT2D eigenvalue weighted by atomic mass is 16.5. The Morgan fingerprint density at radius 1 is 0.862 bits per heavy atom. The van der Waals surface area contributed by atoms with Crippen LogP contribution in [-0.4, -0.2) is 19.1 Å². The van der Waals surface area contributed by atoms with Gasteiger partial charge in [0.05, 0.1) is 19.3 Å². The van der Waals surface area contributed by atoms with Crippen molar-refractivity contribution in [1.82, 2.24) is 5.32 Å². The molecule has 4 heteroatoms. The van der Waals surface area contributed by atoms with Crippen LogP contribution in [0.5, 0.6) is 11.5 Å². The lowest BCUT2D eigenvalue weighted by Gasteiger charge is -2.21. The Bertz CT molecular complexity index is 941. The smallest absolute Gasteiger partial charge is 0.251 e. The van der Waals surface area contributed by atoms with Gasteiger partial charge in [0.15, 0.2) is 11.5 Å². The lowest BCUT2D eigenvalue weighted by Crippen LogP contribution is -2.29. The minimum Gasteiger partial charge on any atom is -0.490 e. The van der Waals surface area contributed by atoms with Gasteiger partial charge in [0.1, 0.15) is 0 Å². The second kappa shape index (κ2) is 9.28. The minimum absolute atomic E-state index is 0.0734. The SMILES string of the molecule is O=C(NC(CCc1ccccc1)c1ccc2c(c1)OCCCO2)c1ccccc1. The molecule has 0 saturated carbocycles. The third-order valence-corrected chi connectivity index (χ3v) is 5.08. The van der Waals surface area contributed by atoms with Gasteiger partial charge in [-0.1, -0.05) is 54.6 Å². The van der Waals surface area contributed by atoms with E-state index < -0.39 is 0 Å². The van der Waals surface area contributed by atoms with E-state index in [1.165, 1.54) is 5.56 Å². The molecule has 1 aliphatic heterocycles. The third-order valence-electron chi connectivity index (χ3n) is 5.08. The molecule has 0 radical (unpaired) electrons. The Labute approximate surface area is 171 Å². The van der Waals surface area contributed by atoms with Crippen LogP contribution in [0.3, 0.4) is 0 Å². The highest BCUT2D eigenvalue weighted by Crippen LogP contribution is 2.33. The molecule has 1 heterocycles. The Balaban J connectivity index is 1.57. The molecule has 3 aromatic rings. The molecule has 1 aliphatic rings. The van der Waals surface area contributed by atoms with E-state index in [1.807, 2.05) is 66.7 Å². The first kappa shape index (κ1) is 19.1. The lowest BCUT2D eigenvalue weighted by atomic mass is 9.98. The van der Waals surface area contributed by atoms with Crippen molar-refractivity contribution in [2.24, 2.45) is 0 Å². The molecule has 0 aliphatic carbocycles. The molecule has 0 aromatic heterocycles. The van der Waals surface area contributed by atoms with Crippen molar-refractivity contribution < 1.29 is 14.3 Å². The average molecular weight is 387 g/mol. The summed E-state index contributed by atoms with van der Waals surface area (Å²) in [7, 11) is 0. The van der Waals surface area contributed by atoms with E-state index in [0.29, 0.717) is 18.8 Å². The second-order valence-corrected chi connectivity index (χ2v) is 7.17. The van der Waals surface area contributed by atoms with E-state index >= 15 is 0 Å². The predicted molar refractivity (Wildman–Crippen MR) is 113 cm³/mol. The van der Waals surface area contributed by atoms with Crippen LogP contribution in [0.2, 0.25) is 0 Å². The van der Waals surface area contributed by atoms with Gasteiger partial charge < -0.3 is 14.8 Å². The van der Waals surface area contributed by atoms with Crippen molar-refractivity contribution in [2.75, 3.05) is 13.2 Å². The van der Waals surface area contributed by atoms with Gasteiger partial charge in [-0.05, 0) is 48.2 Å². The largest absolute Gasteiger partial charge is 0.490 e. The van der Waals surface area contributed by atoms with Gasteiger partial charge in [0, 0.05) is 12.0 Å². The first-order valence-corrected chi connectivity index (χ1v) is 10.1. The summed E-state index contributed by atoms with van der Waals surface area (Å²) in [5.41, 5.74) is 2.93. The van der Waals surface area contributed by atoms with Crippen LogP contribution in [0.1, 0.15) is 40.4 Å². The number of rotatable bonds is 6. The monoisotopic (exact) mass is 387 g/mol. The van der Waals surface area contributed by atoms with E-state index in [-0.39, 0.29) is 11.9 Å². The Morgan fingerprint density at radius 3 is 2.31 bits per heavy atom. The standard InChI is InChI=1S/C25H25NO3/c27-25(20-10-5-2-6-11-20)26-22(14-12-19-8-3-1-4-9-19)21-13-15-23-24(18-21)29-17-7-16-28-23/h1-6,8-11,13,15,18,22H,7,12,14,16-17H2,(H,26,27). The number of nitrogens with one attached hydrogen (secondary N) is 1. The molecule has 0 bridgehead atoms. The van der Waals surface area contributed by atoms with Gasteiger partial charge in [0.25, 0.3) is 5.91 Å². The number of ether oxygens (including phenoxy) is 2. The highest BCUT2D eigenvalue weighted by molar-refractivity contribution is 5.94. The summed E-state index contributed by atoms with van der Waals surface area (Å²) in [5, 5.41) is 3.21. The quantitative estimate of drug-likeness (QED) is 0.651. The van der Waals surface area contributed by atoms with Crippen molar-refractivity contribution in [3.63, 3.8) is 0 Å². The fourth-order valence-electron chi connectivity index (χ4n) is 3.51. The summed E-state index contributed by atoms with van der Waals surface area (Å²) in [6.45, 7) is 1.30. The molecule has 4 nitrogen and oxygen atoms in total. The summed E-state index contributed by atoms with van der Waals surface area (Å²) in [6.07, 6.45) is 2.53. The summed E-state index contributed by atoms with van der Waals surface area (Å²) in [5.74, 6) is 1.44. The van der Waals surface area contributed by atoms with Crippen LogP contribution in [0.15, 0.2) is 78.9 Å². The van der Waals surface area contributed by atoms with Gasteiger partial charge in [-0.15, -0.1) is 0 Å². The number of hydrogen-bond acceptors (Lipinski definition) is 3. The number of benzene rings is 3. The maximum Gasteiger partial charge on any atom is 0.251 e. The summed E-state index contributed by atoms with van der Waals surface area (Å²) in [4.78, 5) is 12.8. The number of aryl methyl sites for hydroxylation is 1. The molecule has 4 rings (SSSR count). The minimum atomic E-state index is -0.125. The van der Waals surface area contributed by atoms with Crippen LogP contribution in [0.25, 0.3) is 0 Å². The molecule has 1 atom stereocenters. The van der Waals surface area contributed by atoms with Gasteiger partial charge in [0.2, 0.25) is 0 Å². The van der Waals surface area contributed by atoms with Crippen LogP contribution < -0.4 is 14.8 Å². The molecule has 0 saturated heterocycles. The molecule has 0 fully saturated rings. The van der Waals surface area contributed by atoms with Gasteiger partial charge >= 0.3 is 0 Å². The zero-order chi connectivity index (χ0) is 19.9. The first-order chi connectivity index (χ1) is 14.3. The van der Waals surface area contributed by atoms with E-state index in [9.17, 15) is 4.79 Å². The molecule has 1 N–H and O–H groups in total. The number of fused-ring (bicyclic) bond motifs is 1. The number of hydrogen-bond donors (Lipinski definition) is 1. The molecule has 29 heavy (non-hydrogen) atoms. The summed E-state index contributed by atoms with van der Waals surface area (Å²) in [6, 6.07) is 25.5. The first-order valence-electron chi connectivity index (χ1n) is 10.1. The average Bonchev–Trinajstić information content (AvgIpc) is 3.02. The maximum absolute atomic E-state index is 12.8. The zero-order valence-electron chi connectivity index (χ0n) is 16.3. The topological polar surface area (TPSA) is 47.6 Å². The fourth-order valence-corrected chi connectivity index (χ4v) is 3.51. The summed E-state index contributed by atoms with van der Waals surface area (Å²) < 4.78 is 11.6. The maximum atomic E-state index is 12.8. The highest BCUT2D eigenvalue weighted by Gasteiger charge is 2.19. The van der Waals surface area contributed by atoms with E-state index in [2.05, 4.69) is 17.4 Å². The Morgan fingerprint density at radius 2 is 1.55 bits per heavy atom. The van der Waals surface area contributed by atoms with Crippen molar-refractivity contribution in [3.05, 3.63) is 95.6 Å². The number of amides is 1. The summed E-state index contributed by atoms with van der Waals surface area (Å²) >= 11 is 0. The van der Waals surface area contributed by atoms with E-state index in [0.717, 1.165) is 36.3 Å². The molecule has 3 aromatic carbocycles. The van der Waals surface area contributed by atoms with Crippen LogP contribution >= 0.6 is 0 Å². The number of carbonyl (C=O) groups excluding carboxylic acids is 1. The Kier molecular flexibility index (Phi) is 6.10.